The summed E-state index contributed by atoms with van der Waals surface area (Å²) in [6.45, 7) is 9.48. The number of piperidine rings is 1. The molecular weight excluding hydrogens is 308 g/mol. The first kappa shape index (κ1) is 17.0. The molecule has 2 aromatic heterocycles. The summed E-state index contributed by atoms with van der Waals surface area (Å²) in [4.78, 5) is 11.1. The van der Waals surface area contributed by atoms with Gasteiger partial charge in [-0.05, 0) is 25.3 Å². The minimum atomic E-state index is 0.409. The average molecular weight is 334 g/mol. The zero-order chi connectivity index (χ0) is 16.9. The molecule has 1 aliphatic rings. The van der Waals surface area contributed by atoms with E-state index in [-0.39, 0.29) is 0 Å². The number of aromatic nitrogens is 4. The quantitative estimate of drug-likeness (QED) is 0.818. The normalized spacial score (nSPS) is 19.2. The van der Waals surface area contributed by atoms with Crippen LogP contribution in [-0.4, -0.2) is 44.3 Å². The molecule has 1 fully saturated rings. The number of rotatable bonds is 7. The van der Waals surface area contributed by atoms with E-state index in [0.29, 0.717) is 30.3 Å². The Morgan fingerprint density at radius 3 is 2.79 bits per heavy atom. The Labute approximate surface area is 142 Å². The molecule has 0 spiro atoms. The monoisotopic (exact) mass is 334 g/mol. The fourth-order valence-electron chi connectivity index (χ4n) is 3.01. The molecule has 3 heterocycles. The Morgan fingerprint density at radius 2 is 2.04 bits per heavy atom. The third-order valence-electron chi connectivity index (χ3n) is 4.08. The topological polar surface area (TPSA) is 93.1 Å². The van der Waals surface area contributed by atoms with Gasteiger partial charge in [0, 0.05) is 25.9 Å². The van der Waals surface area contributed by atoms with Gasteiger partial charge in [0.1, 0.15) is 0 Å². The van der Waals surface area contributed by atoms with E-state index in [9.17, 15) is 0 Å². The minimum Gasteiger partial charge on any atom is -0.340 e. The summed E-state index contributed by atoms with van der Waals surface area (Å²) < 4.78 is 10.3. The van der Waals surface area contributed by atoms with Crippen molar-refractivity contribution in [2.45, 2.75) is 59.2 Å². The van der Waals surface area contributed by atoms with Crippen LogP contribution in [-0.2, 0) is 19.5 Å². The predicted molar refractivity (Wildman–Crippen MR) is 87.0 cm³/mol. The lowest BCUT2D eigenvalue weighted by Gasteiger charge is -2.32. The summed E-state index contributed by atoms with van der Waals surface area (Å²) in [5.74, 6) is 3.36. The fourth-order valence-corrected chi connectivity index (χ4v) is 3.01. The van der Waals surface area contributed by atoms with Crippen LogP contribution < -0.4 is 5.32 Å². The third-order valence-corrected chi connectivity index (χ3v) is 4.08. The van der Waals surface area contributed by atoms with Gasteiger partial charge in [0.05, 0.1) is 13.1 Å². The van der Waals surface area contributed by atoms with Crippen molar-refractivity contribution in [2.75, 3.05) is 13.1 Å². The molecule has 132 valence electrons. The molecule has 3 rings (SSSR count). The molecule has 0 bridgehead atoms. The van der Waals surface area contributed by atoms with Crippen molar-refractivity contribution in [2.24, 2.45) is 5.92 Å². The van der Waals surface area contributed by atoms with Crippen molar-refractivity contribution in [3.63, 3.8) is 0 Å². The lowest BCUT2D eigenvalue weighted by Crippen LogP contribution is -2.45. The highest BCUT2D eigenvalue weighted by Crippen LogP contribution is 2.13. The second-order valence-corrected chi connectivity index (χ2v) is 6.89. The van der Waals surface area contributed by atoms with Gasteiger partial charge >= 0.3 is 0 Å². The molecule has 0 aliphatic carbocycles. The zero-order valence-corrected chi connectivity index (χ0v) is 14.7. The largest absolute Gasteiger partial charge is 0.340 e. The maximum absolute atomic E-state index is 5.31. The molecule has 24 heavy (non-hydrogen) atoms. The first-order chi connectivity index (χ1) is 11.6. The molecule has 2 aromatic rings. The summed E-state index contributed by atoms with van der Waals surface area (Å²) in [7, 11) is 0. The number of nitrogens with zero attached hydrogens (tertiary/aromatic N) is 5. The summed E-state index contributed by atoms with van der Waals surface area (Å²) >= 11 is 0. The average Bonchev–Trinajstić information content (AvgIpc) is 3.14. The highest BCUT2D eigenvalue weighted by Gasteiger charge is 2.21. The van der Waals surface area contributed by atoms with E-state index in [1.54, 1.807) is 0 Å². The molecule has 8 heteroatoms. The third kappa shape index (κ3) is 4.85. The number of hydrogen-bond acceptors (Lipinski definition) is 8. The van der Waals surface area contributed by atoms with E-state index in [4.69, 9.17) is 9.05 Å². The first-order valence-corrected chi connectivity index (χ1v) is 8.65. The van der Waals surface area contributed by atoms with Gasteiger partial charge in [-0.25, -0.2) is 0 Å². The van der Waals surface area contributed by atoms with Crippen LogP contribution >= 0.6 is 0 Å². The smallest absolute Gasteiger partial charge is 0.240 e. The van der Waals surface area contributed by atoms with E-state index in [0.717, 1.165) is 50.5 Å². The van der Waals surface area contributed by atoms with Gasteiger partial charge in [-0.3, -0.25) is 4.90 Å². The van der Waals surface area contributed by atoms with Crippen LogP contribution in [0.5, 0.6) is 0 Å². The lowest BCUT2D eigenvalue weighted by molar-refractivity contribution is 0.174. The van der Waals surface area contributed by atoms with Crippen molar-refractivity contribution in [1.29, 1.82) is 0 Å². The van der Waals surface area contributed by atoms with Crippen molar-refractivity contribution >= 4 is 0 Å². The van der Waals surface area contributed by atoms with E-state index in [2.05, 4.69) is 44.3 Å². The minimum absolute atomic E-state index is 0.409. The summed E-state index contributed by atoms with van der Waals surface area (Å²) in [6, 6.07) is 0.409. The van der Waals surface area contributed by atoms with E-state index >= 15 is 0 Å². The fraction of sp³-hybridized carbons (Fsp3) is 0.750. The molecule has 0 saturated carbocycles. The van der Waals surface area contributed by atoms with Crippen molar-refractivity contribution < 1.29 is 9.05 Å². The van der Waals surface area contributed by atoms with Crippen molar-refractivity contribution in [1.82, 2.24) is 30.5 Å². The molecule has 0 radical (unpaired) electrons. The summed E-state index contributed by atoms with van der Waals surface area (Å²) in [5.41, 5.74) is 0. The Morgan fingerprint density at radius 1 is 1.21 bits per heavy atom. The van der Waals surface area contributed by atoms with Crippen LogP contribution in [0, 0.1) is 12.8 Å². The molecule has 1 saturated heterocycles. The Hall–Kier alpha value is -1.80. The van der Waals surface area contributed by atoms with Gasteiger partial charge in [0.25, 0.3) is 0 Å². The van der Waals surface area contributed by atoms with E-state index < -0.39 is 0 Å². The van der Waals surface area contributed by atoms with Gasteiger partial charge in [-0.2, -0.15) is 9.97 Å². The van der Waals surface area contributed by atoms with Gasteiger partial charge in [0.15, 0.2) is 11.6 Å². The SMILES string of the molecule is Cc1nc(CN2CCC[C@@H](NCc3nc(CC(C)C)no3)C2)no1. The molecule has 1 atom stereocenters. The van der Waals surface area contributed by atoms with Gasteiger partial charge in [-0.15, -0.1) is 0 Å². The number of hydrogen-bond donors (Lipinski definition) is 1. The first-order valence-electron chi connectivity index (χ1n) is 8.65. The van der Waals surface area contributed by atoms with Crippen molar-refractivity contribution in [3.05, 3.63) is 23.4 Å². The Balaban J connectivity index is 1.46. The summed E-state index contributed by atoms with van der Waals surface area (Å²) in [6.07, 6.45) is 3.15. The molecule has 1 N–H and O–H groups in total. The van der Waals surface area contributed by atoms with Gasteiger partial charge < -0.3 is 14.4 Å². The molecule has 0 aromatic carbocycles. The standard InChI is InChI=1S/C16H26N6O2/c1-11(2)7-14-19-16(24-20-14)8-17-13-5-4-6-22(9-13)10-15-18-12(3)23-21-15/h11,13,17H,4-10H2,1-3H3/t13-/m1/s1. The van der Waals surface area contributed by atoms with E-state index in [1.165, 1.54) is 0 Å². The van der Waals surface area contributed by atoms with Crippen LogP contribution in [0.15, 0.2) is 9.05 Å². The summed E-state index contributed by atoms with van der Waals surface area (Å²) in [5, 5.41) is 11.5. The number of aryl methyl sites for hydroxylation is 1. The van der Waals surface area contributed by atoms with Crippen molar-refractivity contribution in [3.8, 4) is 0 Å². The molecule has 8 nitrogen and oxygen atoms in total. The van der Waals surface area contributed by atoms with Crippen LogP contribution in [0.25, 0.3) is 0 Å². The number of nitrogens with one attached hydrogen (secondary N) is 1. The van der Waals surface area contributed by atoms with Crippen LogP contribution in [0.3, 0.4) is 0 Å². The van der Waals surface area contributed by atoms with E-state index in [1.807, 2.05) is 6.92 Å². The molecule has 0 unspecified atom stereocenters. The lowest BCUT2D eigenvalue weighted by atomic mass is 10.1. The second-order valence-electron chi connectivity index (χ2n) is 6.89. The highest BCUT2D eigenvalue weighted by molar-refractivity contribution is 4.90. The number of likely N-dealkylation sites (tertiary alicyclic amines) is 1. The Kier molecular flexibility index (Phi) is 5.57. The molecule has 1 aliphatic heterocycles. The van der Waals surface area contributed by atoms with Gasteiger partial charge in [-0.1, -0.05) is 24.2 Å². The van der Waals surface area contributed by atoms with Crippen LogP contribution in [0.4, 0.5) is 0 Å². The molecular formula is C16H26N6O2. The van der Waals surface area contributed by atoms with Gasteiger partial charge in [0.2, 0.25) is 11.8 Å². The molecule has 0 amide bonds. The highest BCUT2D eigenvalue weighted by atomic mass is 16.5. The predicted octanol–water partition coefficient (Wildman–Crippen LogP) is 1.71. The second kappa shape index (κ2) is 7.85. The maximum atomic E-state index is 5.31. The Bertz CT molecular complexity index is 638. The maximum Gasteiger partial charge on any atom is 0.240 e. The van der Waals surface area contributed by atoms with Crippen LogP contribution in [0.2, 0.25) is 0 Å². The zero-order valence-electron chi connectivity index (χ0n) is 14.7. The van der Waals surface area contributed by atoms with Crippen LogP contribution in [0.1, 0.15) is 50.1 Å².